The second kappa shape index (κ2) is 6.26. The molecule has 0 saturated heterocycles. The van der Waals surface area contributed by atoms with Gasteiger partial charge in [-0.3, -0.25) is 4.79 Å². The average Bonchev–Trinajstić information content (AvgIpc) is 2.95. The van der Waals surface area contributed by atoms with E-state index in [4.69, 9.17) is 4.74 Å². The number of hydrogen-bond acceptors (Lipinski definition) is 5. The monoisotopic (exact) mass is 364 g/mol. The lowest BCUT2D eigenvalue weighted by atomic mass is 9.62. The van der Waals surface area contributed by atoms with E-state index in [9.17, 15) is 20.1 Å². The van der Waals surface area contributed by atoms with E-state index >= 15 is 0 Å². The van der Waals surface area contributed by atoms with Crippen LogP contribution in [0.2, 0.25) is 0 Å². The van der Waals surface area contributed by atoms with Crippen LogP contribution in [-0.2, 0) is 9.53 Å². The quantitative estimate of drug-likeness (QED) is 0.667. The van der Waals surface area contributed by atoms with E-state index in [0.29, 0.717) is 12.0 Å². The van der Waals surface area contributed by atoms with Gasteiger partial charge >= 0.3 is 0 Å². The summed E-state index contributed by atoms with van der Waals surface area (Å²) < 4.78 is 5.25. The molecule has 1 saturated carbocycles. The highest BCUT2D eigenvalue weighted by atomic mass is 16.5. The Labute approximate surface area is 155 Å². The van der Waals surface area contributed by atoms with Gasteiger partial charge in [0, 0.05) is 13.5 Å². The molecule has 0 heterocycles. The first-order valence-corrected chi connectivity index (χ1v) is 9.61. The van der Waals surface area contributed by atoms with Crippen molar-refractivity contribution in [1.82, 2.24) is 0 Å². The summed E-state index contributed by atoms with van der Waals surface area (Å²) in [6.07, 6.45) is 3.98. The summed E-state index contributed by atoms with van der Waals surface area (Å²) in [5, 5.41) is 33.8. The first-order valence-electron chi connectivity index (χ1n) is 9.61. The molecule has 3 aliphatic rings. The molecule has 26 heavy (non-hydrogen) atoms. The molecule has 1 fully saturated rings. The molecule has 0 amide bonds. The summed E-state index contributed by atoms with van der Waals surface area (Å²) in [6.45, 7) is 7.74. The third kappa shape index (κ3) is 2.55. The van der Waals surface area contributed by atoms with Gasteiger partial charge in [-0.25, -0.2) is 0 Å². The van der Waals surface area contributed by atoms with Crippen LogP contribution in [0.15, 0.2) is 23.3 Å². The Bertz CT molecular complexity index is 665. The third-order valence-electron chi connectivity index (χ3n) is 7.14. The number of carbonyl (C=O) groups is 1. The highest BCUT2D eigenvalue weighted by Gasteiger charge is 2.61. The Balaban J connectivity index is 2.21. The van der Waals surface area contributed by atoms with E-state index in [0.717, 1.165) is 12.0 Å². The van der Waals surface area contributed by atoms with E-state index in [1.54, 1.807) is 26.2 Å². The fraction of sp³-hybridized carbons (Fsp3) is 0.762. The van der Waals surface area contributed by atoms with Gasteiger partial charge in [0.05, 0.1) is 18.1 Å². The van der Waals surface area contributed by atoms with Crippen molar-refractivity contribution in [2.45, 2.75) is 64.3 Å². The summed E-state index contributed by atoms with van der Waals surface area (Å²) in [7, 11) is 1.55. The van der Waals surface area contributed by atoms with E-state index in [1.807, 2.05) is 20.8 Å². The Hall–Kier alpha value is -1.01. The molecule has 3 rings (SSSR count). The molecule has 5 heteroatoms. The molecular weight excluding hydrogens is 332 g/mol. The number of allylic oxidation sites excluding steroid dienone is 1. The maximum absolute atomic E-state index is 13.0. The van der Waals surface area contributed by atoms with Crippen molar-refractivity contribution >= 4 is 5.78 Å². The predicted molar refractivity (Wildman–Crippen MR) is 98.4 cm³/mol. The lowest BCUT2D eigenvalue weighted by Gasteiger charge is -2.46. The number of aliphatic hydroxyl groups is 3. The molecule has 0 aromatic rings. The average molecular weight is 364 g/mol. The Morgan fingerprint density at radius 1 is 1.35 bits per heavy atom. The molecule has 146 valence electrons. The zero-order chi connectivity index (χ0) is 19.5. The van der Waals surface area contributed by atoms with E-state index in [1.165, 1.54) is 0 Å². The zero-order valence-corrected chi connectivity index (χ0v) is 16.5. The van der Waals surface area contributed by atoms with Crippen LogP contribution < -0.4 is 0 Å². The summed E-state index contributed by atoms with van der Waals surface area (Å²) in [6, 6.07) is 0. The molecule has 5 nitrogen and oxygen atoms in total. The maximum atomic E-state index is 13.0. The first kappa shape index (κ1) is 19.7. The summed E-state index contributed by atoms with van der Waals surface area (Å²) >= 11 is 0. The molecule has 3 aliphatic carbocycles. The normalized spacial score (nSPS) is 45.7. The van der Waals surface area contributed by atoms with Crippen LogP contribution in [0.1, 0.15) is 47.0 Å². The molecular formula is C21H32O5. The lowest BCUT2D eigenvalue weighted by molar-refractivity contribution is -0.132. The topological polar surface area (TPSA) is 87.0 Å². The minimum Gasteiger partial charge on any atom is -0.393 e. The zero-order valence-electron chi connectivity index (χ0n) is 16.5. The minimum absolute atomic E-state index is 0.0108. The Kier molecular flexibility index (Phi) is 4.76. The minimum atomic E-state index is -1.44. The van der Waals surface area contributed by atoms with Gasteiger partial charge in [0.25, 0.3) is 0 Å². The van der Waals surface area contributed by atoms with Crippen molar-refractivity contribution in [1.29, 1.82) is 0 Å². The van der Waals surface area contributed by atoms with E-state index in [2.05, 4.69) is 0 Å². The van der Waals surface area contributed by atoms with Gasteiger partial charge in [-0.15, -0.1) is 0 Å². The van der Waals surface area contributed by atoms with Gasteiger partial charge in [0.15, 0.2) is 5.78 Å². The number of fused-ring (bicyclic) bond motifs is 2. The number of hydrogen-bond donors (Lipinski definition) is 3. The molecule has 0 unspecified atom stereocenters. The van der Waals surface area contributed by atoms with Crippen molar-refractivity contribution in [3.05, 3.63) is 23.3 Å². The van der Waals surface area contributed by atoms with Crippen molar-refractivity contribution in [3.8, 4) is 0 Å². The standard InChI is InChI=1S/C21H32O5/c1-12(2)15-8-18(23)19(4)9-16-14(6-7-20(16,24)11-26-5)13(3)17(22)10-21(15,19)25/h8-9,12-14,17,22,24-25H,6-7,10-11H2,1-5H3/t13-,14+,17+,19+,20+,21+/m1/s1. The lowest BCUT2D eigenvalue weighted by Crippen LogP contribution is -2.53. The van der Waals surface area contributed by atoms with E-state index in [-0.39, 0.29) is 36.6 Å². The fourth-order valence-corrected chi connectivity index (χ4v) is 5.37. The SMILES string of the molecule is COC[C@@]1(O)CC[C@@H]2C1=C[C@@]1(C)C(=O)C=C(C(C)C)[C@@]1(O)C[C@H](O)[C@@H]2C. The Morgan fingerprint density at radius 3 is 2.58 bits per heavy atom. The first-order chi connectivity index (χ1) is 12.0. The number of methoxy groups -OCH3 is 1. The number of carbonyl (C=O) groups excluding carboxylic acids is 1. The highest BCUT2D eigenvalue weighted by Crippen LogP contribution is 2.56. The van der Waals surface area contributed by atoms with Gasteiger partial charge in [-0.05, 0) is 54.7 Å². The van der Waals surface area contributed by atoms with Crippen LogP contribution in [0.4, 0.5) is 0 Å². The van der Waals surface area contributed by atoms with Crippen molar-refractivity contribution in [3.63, 3.8) is 0 Å². The molecule has 0 spiro atoms. The van der Waals surface area contributed by atoms with Gasteiger partial charge in [0.2, 0.25) is 0 Å². The third-order valence-corrected chi connectivity index (χ3v) is 7.14. The van der Waals surface area contributed by atoms with Crippen LogP contribution in [0, 0.1) is 23.2 Å². The summed E-state index contributed by atoms with van der Waals surface area (Å²) in [4.78, 5) is 13.0. The number of ether oxygens (including phenoxy) is 1. The molecule has 0 bridgehead atoms. The van der Waals surface area contributed by atoms with Crippen molar-refractivity contribution in [2.24, 2.45) is 23.2 Å². The van der Waals surface area contributed by atoms with Crippen LogP contribution in [0.3, 0.4) is 0 Å². The second-order valence-corrected chi connectivity index (χ2v) is 9.02. The predicted octanol–water partition coefficient (Wildman–Crippen LogP) is 2.00. The second-order valence-electron chi connectivity index (χ2n) is 9.02. The molecule has 6 atom stereocenters. The van der Waals surface area contributed by atoms with Gasteiger partial charge < -0.3 is 20.1 Å². The summed E-state index contributed by atoms with van der Waals surface area (Å²) in [5.74, 6) is -0.320. The summed E-state index contributed by atoms with van der Waals surface area (Å²) in [5.41, 5.74) is -2.39. The van der Waals surface area contributed by atoms with Crippen LogP contribution >= 0.6 is 0 Å². The molecule has 3 N–H and O–H groups in total. The van der Waals surface area contributed by atoms with Gasteiger partial charge in [0.1, 0.15) is 11.2 Å². The van der Waals surface area contributed by atoms with Crippen molar-refractivity contribution in [2.75, 3.05) is 13.7 Å². The molecule has 0 radical (unpaired) electrons. The van der Waals surface area contributed by atoms with Crippen molar-refractivity contribution < 1.29 is 24.9 Å². The number of rotatable bonds is 3. The van der Waals surface area contributed by atoms with Gasteiger partial charge in [-0.1, -0.05) is 26.8 Å². The highest BCUT2D eigenvalue weighted by molar-refractivity contribution is 6.02. The van der Waals surface area contributed by atoms with E-state index < -0.39 is 22.7 Å². The maximum Gasteiger partial charge on any atom is 0.168 e. The largest absolute Gasteiger partial charge is 0.393 e. The smallest absolute Gasteiger partial charge is 0.168 e. The molecule has 0 aliphatic heterocycles. The van der Waals surface area contributed by atoms with Crippen LogP contribution in [-0.4, -0.2) is 52.1 Å². The van der Waals surface area contributed by atoms with Gasteiger partial charge in [-0.2, -0.15) is 0 Å². The molecule has 0 aromatic carbocycles. The van der Waals surface area contributed by atoms with Crippen LogP contribution in [0.25, 0.3) is 0 Å². The van der Waals surface area contributed by atoms with Crippen LogP contribution in [0.5, 0.6) is 0 Å². The Morgan fingerprint density at radius 2 is 2.00 bits per heavy atom. The number of ketones is 1. The number of aliphatic hydroxyl groups excluding tert-OH is 1. The molecule has 0 aromatic heterocycles. The fourth-order valence-electron chi connectivity index (χ4n) is 5.37.